The first-order chi connectivity index (χ1) is 10.0. The van der Waals surface area contributed by atoms with Gasteiger partial charge in [0.1, 0.15) is 0 Å². The van der Waals surface area contributed by atoms with E-state index in [9.17, 15) is 0 Å². The minimum absolute atomic E-state index is 0. The quantitative estimate of drug-likeness (QED) is 0.851. The van der Waals surface area contributed by atoms with E-state index in [2.05, 4.69) is 43.1 Å². The number of hydrogen-bond acceptors (Lipinski definition) is 3. The van der Waals surface area contributed by atoms with E-state index in [1.54, 1.807) is 0 Å². The molecular weight excluding hydrogens is 312 g/mol. The second kappa shape index (κ2) is 7.65. The molecule has 1 aliphatic heterocycles. The predicted octanol–water partition coefficient (Wildman–Crippen LogP) is 4.43. The summed E-state index contributed by atoms with van der Waals surface area (Å²) in [6.07, 6.45) is 5.56. The number of nitrogens with one attached hydrogen (secondary N) is 1. The molecule has 2 nitrogen and oxygen atoms in total. The monoisotopic (exact) mass is 342 g/mol. The summed E-state index contributed by atoms with van der Waals surface area (Å²) in [7, 11) is 0. The van der Waals surface area contributed by atoms with Gasteiger partial charge in [0.15, 0.2) is 0 Å². The van der Waals surface area contributed by atoms with E-state index in [0.29, 0.717) is 5.41 Å². The lowest BCUT2D eigenvalue weighted by Crippen LogP contribution is -2.42. The molecule has 0 amide bonds. The molecule has 0 unspecified atom stereocenters. The molecule has 0 radical (unpaired) electrons. The lowest BCUT2D eigenvalue weighted by atomic mass is 9.95. The van der Waals surface area contributed by atoms with Crippen molar-refractivity contribution in [3.8, 4) is 0 Å². The van der Waals surface area contributed by atoms with Crippen molar-refractivity contribution < 1.29 is 0 Å². The molecule has 2 heterocycles. The molecule has 126 valence electrons. The minimum Gasteiger partial charge on any atom is -0.314 e. The summed E-state index contributed by atoms with van der Waals surface area (Å²) in [6.45, 7) is 11.8. The Bertz CT molecular complexity index is 454. The van der Waals surface area contributed by atoms with Crippen molar-refractivity contribution in [3.63, 3.8) is 0 Å². The molecule has 3 rings (SSSR count). The van der Waals surface area contributed by atoms with Crippen LogP contribution in [0.2, 0.25) is 0 Å². The molecule has 22 heavy (non-hydrogen) atoms. The van der Waals surface area contributed by atoms with E-state index in [1.807, 2.05) is 11.3 Å². The van der Waals surface area contributed by atoms with Crippen LogP contribution in [-0.4, -0.2) is 30.6 Å². The van der Waals surface area contributed by atoms with Crippen LogP contribution in [0.1, 0.15) is 56.2 Å². The van der Waals surface area contributed by atoms with E-state index in [0.717, 1.165) is 18.5 Å². The first-order valence-electron chi connectivity index (χ1n) is 8.55. The van der Waals surface area contributed by atoms with Crippen LogP contribution < -0.4 is 5.32 Å². The second-order valence-electron chi connectivity index (χ2n) is 7.92. The smallest absolute Gasteiger partial charge is 0.0328 e. The van der Waals surface area contributed by atoms with Gasteiger partial charge in [0.25, 0.3) is 0 Å². The third-order valence-electron chi connectivity index (χ3n) is 4.76. The Balaban J connectivity index is 0.00000176. The van der Waals surface area contributed by atoms with Crippen LogP contribution in [-0.2, 0) is 12.0 Å². The number of likely N-dealkylation sites (tertiary alicyclic amines) is 1. The number of halogens is 1. The van der Waals surface area contributed by atoms with Crippen LogP contribution >= 0.6 is 23.7 Å². The van der Waals surface area contributed by atoms with Crippen LogP contribution in [0.25, 0.3) is 0 Å². The van der Waals surface area contributed by atoms with Gasteiger partial charge in [-0.1, -0.05) is 20.8 Å². The van der Waals surface area contributed by atoms with Gasteiger partial charge in [-0.25, -0.2) is 0 Å². The molecular formula is C18H31ClN2S. The highest BCUT2D eigenvalue weighted by Gasteiger charge is 2.24. The van der Waals surface area contributed by atoms with Gasteiger partial charge in [0.05, 0.1) is 0 Å². The molecule has 0 aromatic carbocycles. The molecule has 1 saturated heterocycles. The van der Waals surface area contributed by atoms with Crippen molar-refractivity contribution in [1.82, 2.24) is 10.2 Å². The highest BCUT2D eigenvalue weighted by atomic mass is 35.5. The van der Waals surface area contributed by atoms with Crippen LogP contribution in [0.15, 0.2) is 12.1 Å². The molecule has 1 N–H and O–H groups in total. The average molecular weight is 343 g/mol. The molecule has 4 heteroatoms. The van der Waals surface area contributed by atoms with Crippen LogP contribution in [0.4, 0.5) is 0 Å². The zero-order valence-electron chi connectivity index (χ0n) is 14.2. The highest BCUT2D eigenvalue weighted by Crippen LogP contribution is 2.31. The fourth-order valence-corrected chi connectivity index (χ4v) is 4.14. The molecule has 0 spiro atoms. The van der Waals surface area contributed by atoms with Crippen molar-refractivity contribution in [2.24, 2.45) is 5.92 Å². The lowest BCUT2D eigenvalue weighted by molar-refractivity contribution is 0.191. The van der Waals surface area contributed by atoms with Crippen LogP contribution in [0.3, 0.4) is 0 Å². The molecule has 0 bridgehead atoms. The summed E-state index contributed by atoms with van der Waals surface area (Å²) in [5.74, 6) is 1.00. The zero-order chi connectivity index (χ0) is 14.9. The average Bonchev–Trinajstić information content (AvgIpc) is 3.14. The summed E-state index contributed by atoms with van der Waals surface area (Å²) in [6, 6.07) is 5.43. The van der Waals surface area contributed by atoms with Gasteiger partial charge in [-0.05, 0) is 68.8 Å². The third-order valence-corrected chi connectivity index (χ3v) is 6.26. The summed E-state index contributed by atoms with van der Waals surface area (Å²) in [5, 5.41) is 3.77. The van der Waals surface area contributed by atoms with Crippen LogP contribution in [0.5, 0.6) is 0 Å². The van der Waals surface area contributed by atoms with Crippen LogP contribution in [0, 0.1) is 5.92 Å². The summed E-state index contributed by atoms with van der Waals surface area (Å²) in [4.78, 5) is 5.68. The van der Waals surface area contributed by atoms with E-state index in [1.165, 1.54) is 55.1 Å². The normalized spacial score (nSPS) is 20.9. The Labute approximate surface area is 146 Å². The standard InChI is InChI=1S/C18H30N2S.ClH/c1-18(2,3)17-7-6-16(21-17)13-20-10-8-15(9-11-20)19-12-14-4-5-14;/h6-7,14-15,19H,4-5,8-13H2,1-3H3;1H. The largest absolute Gasteiger partial charge is 0.314 e. The number of nitrogens with zero attached hydrogens (tertiary/aromatic N) is 1. The minimum atomic E-state index is 0. The van der Waals surface area contributed by atoms with Gasteiger partial charge >= 0.3 is 0 Å². The third kappa shape index (κ3) is 5.23. The van der Waals surface area contributed by atoms with Gasteiger partial charge in [0, 0.05) is 22.3 Å². The molecule has 1 saturated carbocycles. The fraction of sp³-hybridized carbons (Fsp3) is 0.778. The van der Waals surface area contributed by atoms with Crippen molar-refractivity contribution in [3.05, 3.63) is 21.9 Å². The summed E-state index contributed by atoms with van der Waals surface area (Å²) in [5.41, 5.74) is 0.294. The first-order valence-corrected chi connectivity index (χ1v) is 9.37. The maximum absolute atomic E-state index is 3.77. The molecule has 1 aliphatic carbocycles. The van der Waals surface area contributed by atoms with E-state index < -0.39 is 0 Å². The highest BCUT2D eigenvalue weighted by molar-refractivity contribution is 7.12. The first kappa shape index (κ1) is 18.3. The molecule has 2 fully saturated rings. The zero-order valence-corrected chi connectivity index (χ0v) is 15.9. The fourth-order valence-electron chi connectivity index (χ4n) is 3.04. The van der Waals surface area contributed by atoms with E-state index in [4.69, 9.17) is 0 Å². The van der Waals surface area contributed by atoms with Gasteiger partial charge in [-0.2, -0.15) is 0 Å². The SMILES string of the molecule is CC(C)(C)c1ccc(CN2CCC(NCC3CC3)CC2)s1.Cl. The molecule has 0 atom stereocenters. The summed E-state index contributed by atoms with van der Waals surface area (Å²) < 4.78 is 0. The number of rotatable bonds is 5. The van der Waals surface area contributed by atoms with E-state index in [-0.39, 0.29) is 12.4 Å². The summed E-state index contributed by atoms with van der Waals surface area (Å²) >= 11 is 2.00. The Morgan fingerprint density at radius 1 is 1.14 bits per heavy atom. The second-order valence-corrected chi connectivity index (χ2v) is 9.09. The van der Waals surface area contributed by atoms with Gasteiger partial charge < -0.3 is 5.32 Å². The Morgan fingerprint density at radius 3 is 2.36 bits per heavy atom. The van der Waals surface area contributed by atoms with Crippen molar-refractivity contribution in [1.29, 1.82) is 0 Å². The Morgan fingerprint density at radius 2 is 1.82 bits per heavy atom. The lowest BCUT2D eigenvalue weighted by Gasteiger charge is -2.32. The number of thiophene rings is 1. The molecule has 1 aromatic rings. The maximum Gasteiger partial charge on any atom is 0.0328 e. The Kier molecular flexibility index (Phi) is 6.35. The van der Waals surface area contributed by atoms with Gasteiger partial charge in [-0.3, -0.25) is 4.90 Å². The van der Waals surface area contributed by atoms with Crippen molar-refractivity contribution >= 4 is 23.7 Å². The van der Waals surface area contributed by atoms with Crippen molar-refractivity contribution in [2.45, 2.75) is 64.5 Å². The number of piperidine rings is 1. The van der Waals surface area contributed by atoms with E-state index >= 15 is 0 Å². The number of hydrogen-bond donors (Lipinski definition) is 1. The van der Waals surface area contributed by atoms with Gasteiger partial charge in [-0.15, -0.1) is 23.7 Å². The Hall–Kier alpha value is -0.0900. The van der Waals surface area contributed by atoms with Gasteiger partial charge in [0.2, 0.25) is 0 Å². The van der Waals surface area contributed by atoms with Crippen molar-refractivity contribution in [2.75, 3.05) is 19.6 Å². The molecule has 1 aromatic heterocycles. The molecule has 2 aliphatic rings. The topological polar surface area (TPSA) is 15.3 Å². The predicted molar refractivity (Wildman–Crippen MR) is 99.3 cm³/mol. The maximum atomic E-state index is 3.77.